The molecule has 1 aliphatic carbocycles. The van der Waals surface area contributed by atoms with Gasteiger partial charge in [0.1, 0.15) is 11.5 Å². The summed E-state index contributed by atoms with van der Waals surface area (Å²) in [6, 6.07) is 3.66. The van der Waals surface area contributed by atoms with Crippen LogP contribution in [0.1, 0.15) is 96.6 Å². The van der Waals surface area contributed by atoms with Gasteiger partial charge < -0.3 is 10.2 Å². The number of rotatable bonds is 10. The third-order valence-corrected chi connectivity index (χ3v) is 5.78. The van der Waals surface area contributed by atoms with Gasteiger partial charge in [-0.2, -0.15) is 0 Å². The van der Waals surface area contributed by atoms with Gasteiger partial charge in [0.15, 0.2) is 0 Å². The quantitative estimate of drug-likeness (QED) is 0.459. The molecule has 0 radical (unpaired) electrons. The van der Waals surface area contributed by atoms with E-state index in [0.717, 1.165) is 36.8 Å². The molecule has 1 aliphatic rings. The summed E-state index contributed by atoms with van der Waals surface area (Å²) in [5, 5.41) is 20.7. The van der Waals surface area contributed by atoms with Crippen LogP contribution in [0, 0.1) is 10.8 Å². The van der Waals surface area contributed by atoms with Crippen molar-refractivity contribution in [3.8, 4) is 11.5 Å². The maximum Gasteiger partial charge on any atom is 0.125 e. The van der Waals surface area contributed by atoms with E-state index in [-0.39, 0.29) is 5.75 Å². The first kappa shape index (κ1) is 20.1. The van der Waals surface area contributed by atoms with Gasteiger partial charge in [0, 0.05) is 5.56 Å². The molecule has 25 heavy (non-hydrogen) atoms. The first-order chi connectivity index (χ1) is 11.7. The molecule has 0 aliphatic heterocycles. The normalized spacial score (nSPS) is 16.2. The number of phenols is 2. The second-order valence-electron chi connectivity index (χ2n) is 9.71. The van der Waals surface area contributed by atoms with E-state index in [9.17, 15) is 10.2 Å². The predicted molar refractivity (Wildman–Crippen MR) is 106 cm³/mol. The molecule has 1 saturated carbocycles. The van der Waals surface area contributed by atoms with Crippen LogP contribution in [0.15, 0.2) is 12.1 Å². The summed E-state index contributed by atoms with van der Waals surface area (Å²) in [6.07, 6.45) is 12.7. The molecule has 2 rings (SSSR count). The van der Waals surface area contributed by atoms with Crippen molar-refractivity contribution in [2.24, 2.45) is 10.8 Å². The summed E-state index contributed by atoms with van der Waals surface area (Å²) in [7, 11) is 0. The van der Waals surface area contributed by atoms with E-state index in [4.69, 9.17) is 0 Å². The van der Waals surface area contributed by atoms with E-state index in [1.54, 1.807) is 6.07 Å². The first-order valence-corrected chi connectivity index (χ1v) is 10.2. The van der Waals surface area contributed by atoms with Gasteiger partial charge in [0.25, 0.3) is 0 Å². The summed E-state index contributed by atoms with van der Waals surface area (Å²) in [5.41, 5.74) is 2.76. The molecule has 0 atom stereocenters. The number of hydrogen-bond acceptors (Lipinski definition) is 2. The van der Waals surface area contributed by atoms with Crippen LogP contribution in [0.5, 0.6) is 11.5 Å². The number of unbranched alkanes of at least 4 members (excludes halogenated alkanes) is 3. The number of hydrogen-bond donors (Lipinski definition) is 2. The maximum atomic E-state index is 10.6. The SMILES string of the molecule is CC(C)(C)CCCCCc1ccc(O)c(CCCCC2(C)CC2)c1O. The van der Waals surface area contributed by atoms with Gasteiger partial charge >= 0.3 is 0 Å². The minimum atomic E-state index is 0.256. The third kappa shape index (κ3) is 6.92. The van der Waals surface area contributed by atoms with E-state index in [2.05, 4.69) is 27.7 Å². The largest absolute Gasteiger partial charge is 0.508 e. The highest BCUT2D eigenvalue weighted by molar-refractivity contribution is 5.48. The van der Waals surface area contributed by atoms with Crippen molar-refractivity contribution >= 4 is 0 Å². The Morgan fingerprint density at radius 1 is 0.920 bits per heavy atom. The fraction of sp³-hybridized carbons (Fsp3) is 0.739. The summed E-state index contributed by atoms with van der Waals surface area (Å²) in [5.74, 6) is 0.597. The Morgan fingerprint density at radius 3 is 2.24 bits per heavy atom. The molecule has 0 bridgehead atoms. The minimum absolute atomic E-state index is 0.256. The summed E-state index contributed by atoms with van der Waals surface area (Å²) >= 11 is 0. The minimum Gasteiger partial charge on any atom is -0.508 e. The first-order valence-electron chi connectivity index (χ1n) is 10.2. The van der Waals surface area contributed by atoms with Crippen molar-refractivity contribution in [3.05, 3.63) is 23.3 Å². The zero-order chi connectivity index (χ0) is 18.5. The molecule has 2 nitrogen and oxygen atoms in total. The topological polar surface area (TPSA) is 40.5 Å². The van der Waals surface area contributed by atoms with Crippen LogP contribution >= 0.6 is 0 Å². The molecule has 0 unspecified atom stereocenters. The van der Waals surface area contributed by atoms with E-state index in [1.165, 1.54) is 44.9 Å². The van der Waals surface area contributed by atoms with Crippen LogP contribution in [-0.2, 0) is 12.8 Å². The van der Waals surface area contributed by atoms with Crippen molar-refractivity contribution in [1.29, 1.82) is 0 Å². The van der Waals surface area contributed by atoms with Gasteiger partial charge in [0.05, 0.1) is 0 Å². The molecule has 1 aromatic rings. The van der Waals surface area contributed by atoms with Crippen LogP contribution in [-0.4, -0.2) is 10.2 Å². The van der Waals surface area contributed by atoms with Crippen molar-refractivity contribution < 1.29 is 10.2 Å². The number of phenolic OH excluding ortho intramolecular Hbond substituents is 2. The fourth-order valence-corrected chi connectivity index (χ4v) is 3.59. The summed E-state index contributed by atoms with van der Waals surface area (Å²) in [4.78, 5) is 0. The molecule has 0 aromatic heterocycles. The lowest BCUT2D eigenvalue weighted by molar-refractivity contribution is 0.357. The molecule has 1 aromatic carbocycles. The van der Waals surface area contributed by atoms with Crippen LogP contribution in [0.3, 0.4) is 0 Å². The Balaban J connectivity index is 1.79. The van der Waals surface area contributed by atoms with Crippen LogP contribution in [0.25, 0.3) is 0 Å². The molecule has 2 N–H and O–H groups in total. The molecule has 0 heterocycles. The van der Waals surface area contributed by atoms with Gasteiger partial charge in [-0.15, -0.1) is 0 Å². The van der Waals surface area contributed by atoms with Crippen LogP contribution in [0.2, 0.25) is 0 Å². The highest BCUT2D eigenvalue weighted by Crippen LogP contribution is 2.49. The summed E-state index contributed by atoms with van der Waals surface area (Å²) in [6.45, 7) is 9.22. The van der Waals surface area contributed by atoms with E-state index < -0.39 is 0 Å². The Hall–Kier alpha value is -1.18. The monoisotopic (exact) mass is 346 g/mol. The average molecular weight is 347 g/mol. The molecule has 1 fully saturated rings. The lowest BCUT2D eigenvalue weighted by Crippen LogP contribution is -2.04. The highest BCUT2D eigenvalue weighted by atomic mass is 16.3. The zero-order valence-electron chi connectivity index (χ0n) is 16.8. The Kier molecular flexibility index (Phi) is 6.82. The summed E-state index contributed by atoms with van der Waals surface area (Å²) < 4.78 is 0. The third-order valence-electron chi connectivity index (χ3n) is 5.78. The van der Waals surface area contributed by atoms with Gasteiger partial charge in [0.2, 0.25) is 0 Å². The molecule has 0 saturated heterocycles. The average Bonchev–Trinajstić information content (AvgIpc) is 3.25. The number of aromatic hydroxyl groups is 2. The van der Waals surface area contributed by atoms with E-state index in [0.29, 0.717) is 16.6 Å². The maximum absolute atomic E-state index is 10.6. The van der Waals surface area contributed by atoms with Crippen molar-refractivity contribution in [2.45, 2.75) is 98.3 Å². The molecular weight excluding hydrogens is 308 g/mol. The number of aryl methyl sites for hydroxylation is 1. The highest BCUT2D eigenvalue weighted by Gasteiger charge is 2.35. The smallest absolute Gasteiger partial charge is 0.125 e. The second-order valence-corrected chi connectivity index (χ2v) is 9.71. The molecular formula is C23H38O2. The van der Waals surface area contributed by atoms with Crippen molar-refractivity contribution in [2.75, 3.05) is 0 Å². The molecule has 0 spiro atoms. The van der Waals surface area contributed by atoms with Crippen LogP contribution in [0.4, 0.5) is 0 Å². The number of benzene rings is 1. The fourth-order valence-electron chi connectivity index (χ4n) is 3.59. The Labute approximate surface area is 154 Å². The lowest BCUT2D eigenvalue weighted by atomic mass is 9.89. The Bertz CT molecular complexity index is 550. The predicted octanol–water partition coefficient (Wildman–Crippen LogP) is 6.76. The second kappa shape index (κ2) is 8.47. The molecule has 2 heteroatoms. The van der Waals surface area contributed by atoms with Crippen molar-refractivity contribution in [3.63, 3.8) is 0 Å². The van der Waals surface area contributed by atoms with Gasteiger partial charge in [-0.1, -0.05) is 53.0 Å². The molecule has 142 valence electrons. The van der Waals surface area contributed by atoms with E-state index >= 15 is 0 Å². The van der Waals surface area contributed by atoms with Crippen LogP contribution < -0.4 is 0 Å². The Morgan fingerprint density at radius 2 is 1.60 bits per heavy atom. The van der Waals surface area contributed by atoms with Gasteiger partial charge in [-0.3, -0.25) is 0 Å². The molecule has 0 amide bonds. The van der Waals surface area contributed by atoms with Gasteiger partial charge in [-0.25, -0.2) is 0 Å². The zero-order valence-corrected chi connectivity index (χ0v) is 16.8. The van der Waals surface area contributed by atoms with E-state index in [1.807, 2.05) is 6.07 Å². The standard InChI is InChI=1S/C23H38O2/c1-22(2,3)14-8-5-6-10-18-12-13-20(24)19(21(18)25)11-7-9-15-23(4)16-17-23/h12-13,24-25H,5-11,14-17H2,1-4H3. The van der Waals surface area contributed by atoms with Crippen molar-refractivity contribution in [1.82, 2.24) is 0 Å². The van der Waals surface area contributed by atoms with Gasteiger partial charge in [-0.05, 0) is 73.8 Å². The lowest BCUT2D eigenvalue weighted by Gasteiger charge is -2.17.